The number of benzene rings is 1. The zero-order valence-electron chi connectivity index (χ0n) is 11.1. The molecule has 2 aromatic rings. The molecule has 1 aromatic carbocycles. The summed E-state index contributed by atoms with van der Waals surface area (Å²) in [5.41, 5.74) is 2.84. The summed E-state index contributed by atoms with van der Waals surface area (Å²) in [5, 5.41) is 5.75. The van der Waals surface area contributed by atoms with Gasteiger partial charge in [0.1, 0.15) is 0 Å². The summed E-state index contributed by atoms with van der Waals surface area (Å²) in [5.74, 6) is -0.215. The average Bonchev–Trinajstić information content (AvgIpc) is 2.81. The third-order valence-electron chi connectivity index (χ3n) is 2.97. The Kier molecular flexibility index (Phi) is 3.62. The van der Waals surface area contributed by atoms with Crippen LogP contribution in [0.4, 0.5) is 0 Å². The number of nitrogens with one attached hydrogen (secondary N) is 1. The van der Waals surface area contributed by atoms with Gasteiger partial charge in [0.05, 0.1) is 0 Å². The van der Waals surface area contributed by atoms with Gasteiger partial charge >= 0.3 is 0 Å². The first-order valence-corrected chi connectivity index (χ1v) is 6.37. The average molecular weight is 278 g/mol. The Bertz CT molecular complexity index is 574. The van der Waals surface area contributed by atoms with Crippen molar-refractivity contribution >= 4 is 17.5 Å². The van der Waals surface area contributed by atoms with Gasteiger partial charge in [0.15, 0.2) is 0 Å². The van der Waals surface area contributed by atoms with Crippen LogP contribution in [0.3, 0.4) is 0 Å². The number of rotatable bonds is 3. The lowest BCUT2D eigenvalue weighted by molar-refractivity contribution is -0.120. The Balaban J connectivity index is 2.65. The van der Waals surface area contributed by atoms with E-state index in [1.54, 1.807) is 23.1 Å². The van der Waals surface area contributed by atoms with E-state index in [-0.39, 0.29) is 5.91 Å². The van der Waals surface area contributed by atoms with Crippen molar-refractivity contribution in [2.45, 2.75) is 25.9 Å². The molecule has 19 heavy (non-hydrogen) atoms. The van der Waals surface area contributed by atoms with Crippen LogP contribution in [0, 0.1) is 13.8 Å². The van der Waals surface area contributed by atoms with Crippen LogP contribution in [-0.2, 0) is 9.92 Å². The first kappa shape index (κ1) is 13.6. The third-order valence-corrected chi connectivity index (χ3v) is 3.43. The number of aromatic nitrogens is 2. The van der Waals surface area contributed by atoms with Crippen molar-refractivity contribution in [3.05, 3.63) is 53.3 Å². The maximum Gasteiger partial charge on any atom is 0.236 e. The van der Waals surface area contributed by atoms with E-state index in [1.807, 2.05) is 32.0 Å². The number of hydrogen-bond acceptors (Lipinski definition) is 2. The third kappa shape index (κ3) is 2.49. The Hall–Kier alpha value is -1.81. The Morgan fingerprint density at radius 3 is 2.42 bits per heavy atom. The van der Waals surface area contributed by atoms with Gasteiger partial charge in [0, 0.05) is 24.9 Å². The van der Waals surface area contributed by atoms with Gasteiger partial charge in [0.2, 0.25) is 11.0 Å². The zero-order valence-corrected chi connectivity index (χ0v) is 11.9. The fourth-order valence-electron chi connectivity index (χ4n) is 2.26. The van der Waals surface area contributed by atoms with Gasteiger partial charge in [-0.05, 0) is 31.0 Å². The minimum Gasteiger partial charge on any atom is -0.315 e. The molecular formula is C14H16ClN3O. The van der Waals surface area contributed by atoms with E-state index in [1.165, 1.54) is 6.92 Å². The Morgan fingerprint density at radius 2 is 1.95 bits per heavy atom. The molecule has 1 unspecified atom stereocenters. The lowest BCUT2D eigenvalue weighted by atomic mass is 10.00. The lowest BCUT2D eigenvalue weighted by Crippen LogP contribution is -2.47. The van der Waals surface area contributed by atoms with E-state index in [4.69, 9.17) is 11.6 Å². The van der Waals surface area contributed by atoms with Crippen LogP contribution in [0.5, 0.6) is 0 Å². The molecule has 0 bridgehead atoms. The van der Waals surface area contributed by atoms with E-state index < -0.39 is 5.12 Å². The van der Waals surface area contributed by atoms with E-state index >= 15 is 0 Å². The van der Waals surface area contributed by atoms with Crippen molar-refractivity contribution < 1.29 is 4.79 Å². The first-order valence-electron chi connectivity index (χ1n) is 5.99. The molecule has 1 heterocycles. The smallest absolute Gasteiger partial charge is 0.236 e. The van der Waals surface area contributed by atoms with Crippen LogP contribution < -0.4 is 5.32 Å². The number of halogens is 1. The molecule has 1 atom stereocenters. The van der Waals surface area contributed by atoms with E-state index in [0.717, 1.165) is 16.7 Å². The number of hydrogen-bond donors (Lipinski definition) is 1. The number of carbonyl (C=O) groups excluding carboxylic acids is 1. The molecule has 2 rings (SSSR count). The van der Waals surface area contributed by atoms with Crippen molar-refractivity contribution in [2.75, 3.05) is 0 Å². The predicted octanol–water partition coefficient (Wildman–Crippen LogP) is 2.53. The van der Waals surface area contributed by atoms with Gasteiger partial charge in [-0.15, -0.1) is 0 Å². The highest BCUT2D eigenvalue weighted by molar-refractivity contribution is 6.24. The summed E-state index contributed by atoms with van der Waals surface area (Å²) >= 11 is 6.71. The molecule has 0 saturated heterocycles. The molecule has 100 valence electrons. The van der Waals surface area contributed by atoms with Crippen LogP contribution >= 0.6 is 11.6 Å². The fraction of sp³-hybridized carbons (Fsp3) is 0.286. The molecule has 1 aromatic heterocycles. The van der Waals surface area contributed by atoms with Gasteiger partial charge in [-0.3, -0.25) is 4.79 Å². The van der Waals surface area contributed by atoms with Gasteiger partial charge in [-0.1, -0.05) is 29.8 Å². The van der Waals surface area contributed by atoms with E-state index in [0.29, 0.717) is 0 Å². The molecule has 5 heteroatoms. The van der Waals surface area contributed by atoms with Gasteiger partial charge in [0.25, 0.3) is 0 Å². The zero-order chi connectivity index (χ0) is 14.0. The van der Waals surface area contributed by atoms with Crippen molar-refractivity contribution in [1.29, 1.82) is 0 Å². The summed E-state index contributed by atoms with van der Waals surface area (Å²) in [6, 6.07) is 7.66. The fourth-order valence-corrected chi connectivity index (χ4v) is 2.79. The quantitative estimate of drug-likeness (QED) is 0.692. The minimum absolute atomic E-state index is 0.215. The number of amides is 1. The highest BCUT2D eigenvalue weighted by atomic mass is 35.5. The summed E-state index contributed by atoms with van der Waals surface area (Å²) in [4.78, 5) is 11.5. The molecular weight excluding hydrogens is 262 g/mol. The summed E-state index contributed by atoms with van der Waals surface area (Å²) in [6.07, 6.45) is 3.36. The molecule has 0 saturated carbocycles. The summed E-state index contributed by atoms with van der Waals surface area (Å²) < 4.78 is 1.55. The van der Waals surface area contributed by atoms with Crippen LogP contribution in [0.25, 0.3) is 0 Å². The second-order valence-electron chi connectivity index (χ2n) is 4.52. The molecule has 0 aliphatic rings. The van der Waals surface area contributed by atoms with Crippen molar-refractivity contribution in [3.8, 4) is 0 Å². The van der Waals surface area contributed by atoms with Crippen molar-refractivity contribution in [1.82, 2.24) is 15.1 Å². The number of nitrogens with zero attached hydrogens (tertiary/aromatic N) is 2. The van der Waals surface area contributed by atoms with Crippen molar-refractivity contribution in [3.63, 3.8) is 0 Å². The normalized spacial score (nSPS) is 13.9. The van der Waals surface area contributed by atoms with E-state index in [2.05, 4.69) is 10.4 Å². The summed E-state index contributed by atoms with van der Waals surface area (Å²) in [7, 11) is 0. The molecule has 0 fully saturated rings. The molecule has 4 nitrogen and oxygen atoms in total. The van der Waals surface area contributed by atoms with Crippen LogP contribution in [0.1, 0.15) is 23.6 Å². The number of carbonyl (C=O) groups is 1. The highest BCUT2D eigenvalue weighted by Gasteiger charge is 2.35. The highest BCUT2D eigenvalue weighted by Crippen LogP contribution is 2.32. The first-order chi connectivity index (χ1) is 8.95. The SMILES string of the molecule is CC(=O)NC(Cl)(c1c(C)cccc1C)n1cccn1. The van der Waals surface area contributed by atoms with Crippen LogP contribution in [0.15, 0.2) is 36.7 Å². The maximum absolute atomic E-state index is 11.5. The Labute approximate surface area is 117 Å². The van der Waals surface area contributed by atoms with Crippen LogP contribution in [0.2, 0.25) is 0 Å². The second-order valence-corrected chi connectivity index (χ2v) is 5.07. The minimum atomic E-state index is -1.20. The second kappa shape index (κ2) is 5.05. The van der Waals surface area contributed by atoms with Gasteiger partial charge < -0.3 is 5.32 Å². The molecule has 0 aliphatic heterocycles. The van der Waals surface area contributed by atoms with Gasteiger partial charge in [-0.25, -0.2) is 4.68 Å². The molecule has 1 N–H and O–H groups in total. The summed E-state index contributed by atoms with van der Waals surface area (Å²) in [6.45, 7) is 5.36. The maximum atomic E-state index is 11.5. The molecule has 1 amide bonds. The number of aryl methyl sites for hydroxylation is 2. The molecule has 0 aliphatic carbocycles. The van der Waals surface area contributed by atoms with Crippen LogP contribution in [-0.4, -0.2) is 15.7 Å². The lowest BCUT2D eigenvalue weighted by Gasteiger charge is -2.31. The van der Waals surface area contributed by atoms with E-state index in [9.17, 15) is 4.79 Å². The van der Waals surface area contributed by atoms with Gasteiger partial charge in [-0.2, -0.15) is 5.10 Å². The topological polar surface area (TPSA) is 46.9 Å². The van der Waals surface area contributed by atoms with Crippen molar-refractivity contribution in [2.24, 2.45) is 0 Å². The predicted molar refractivity (Wildman–Crippen MR) is 74.9 cm³/mol. The molecule has 0 spiro atoms. The Morgan fingerprint density at radius 1 is 1.32 bits per heavy atom. The standard InChI is InChI=1S/C14H16ClN3O/c1-10-6-4-7-11(2)13(10)14(15,17-12(3)19)18-9-5-8-16-18/h4-9H,1-3H3,(H,17,19). The number of alkyl halides is 1. The largest absolute Gasteiger partial charge is 0.315 e. The monoisotopic (exact) mass is 277 g/mol. The molecule has 0 radical (unpaired) electrons.